The summed E-state index contributed by atoms with van der Waals surface area (Å²) in [5.74, 6) is 0.745. The number of halogens is 1. The van der Waals surface area contributed by atoms with Crippen LogP contribution in [0.5, 0.6) is 0 Å². The van der Waals surface area contributed by atoms with Crippen LogP contribution in [-0.2, 0) is 5.41 Å². The lowest BCUT2D eigenvalue weighted by atomic mass is 9.92. The molecule has 0 spiro atoms. The van der Waals surface area contributed by atoms with Crippen LogP contribution in [0.4, 0.5) is 4.39 Å². The van der Waals surface area contributed by atoms with E-state index >= 15 is 0 Å². The number of hydrogen-bond acceptors (Lipinski definition) is 2. The fourth-order valence-corrected chi connectivity index (χ4v) is 5.03. The molecule has 0 atom stereocenters. The molecule has 4 rings (SSSR count). The molecule has 0 unspecified atom stereocenters. The van der Waals surface area contributed by atoms with Crippen molar-refractivity contribution in [3.63, 3.8) is 0 Å². The van der Waals surface area contributed by atoms with Gasteiger partial charge in [0.15, 0.2) is 5.96 Å². The molecule has 2 saturated carbocycles. The first-order chi connectivity index (χ1) is 13.7. The topological polar surface area (TPSA) is 39.7 Å². The van der Waals surface area contributed by atoms with Crippen LogP contribution >= 0.6 is 0 Å². The average Bonchev–Trinajstić information content (AvgIpc) is 3.53. The minimum Gasteiger partial charge on any atom is -0.356 e. The Morgan fingerprint density at radius 3 is 2.54 bits per heavy atom. The molecule has 1 aromatic rings. The SMILES string of the molecule is CN=C(NCC1(c2cccc(F)c2)CC1)NC1CCN(C2CCCCC2)CC1. The molecule has 4 nitrogen and oxygen atoms in total. The lowest BCUT2D eigenvalue weighted by Gasteiger charge is -2.39. The van der Waals surface area contributed by atoms with Gasteiger partial charge in [-0.3, -0.25) is 4.99 Å². The van der Waals surface area contributed by atoms with Gasteiger partial charge >= 0.3 is 0 Å². The van der Waals surface area contributed by atoms with E-state index in [0.717, 1.165) is 37.0 Å². The lowest BCUT2D eigenvalue weighted by Crippen LogP contribution is -2.51. The zero-order valence-corrected chi connectivity index (χ0v) is 17.2. The van der Waals surface area contributed by atoms with E-state index in [1.54, 1.807) is 6.07 Å². The predicted octanol–water partition coefficient (Wildman–Crippen LogP) is 3.82. The van der Waals surface area contributed by atoms with E-state index in [0.29, 0.717) is 6.04 Å². The Labute approximate surface area is 169 Å². The van der Waals surface area contributed by atoms with Crippen molar-refractivity contribution >= 4 is 5.96 Å². The van der Waals surface area contributed by atoms with Crippen LogP contribution in [0.15, 0.2) is 29.3 Å². The van der Waals surface area contributed by atoms with Crippen LogP contribution in [-0.4, -0.2) is 49.6 Å². The van der Waals surface area contributed by atoms with E-state index in [1.807, 2.05) is 13.1 Å². The number of rotatable bonds is 5. The second kappa shape index (κ2) is 8.81. The fourth-order valence-electron chi connectivity index (χ4n) is 5.03. The van der Waals surface area contributed by atoms with Crippen molar-refractivity contribution in [1.29, 1.82) is 0 Å². The van der Waals surface area contributed by atoms with Gasteiger partial charge in [0.2, 0.25) is 0 Å². The molecule has 2 N–H and O–H groups in total. The summed E-state index contributed by atoms with van der Waals surface area (Å²) in [7, 11) is 1.84. The highest BCUT2D eigenvalue weighted by molar-refractivity contribution is 5.80. The smallest absolute Gasteiger partial charge is 0.191 e. The third-order valence-corrected chi connectivity index (χ3v) is 7.07. The van der Waals surface area contributed by atoms with Crippen molar-refractivity contribution in [2.75, 3.05) is 26.7 Å². The predicted molar refractivity (Wildman–Crippen MR) is 113 cm³/mol. The number of nitrogens with one attached hydrogen (secondary N) is 2. The van der Waals surface area contributed by atoms with Crippen molar-refractivity contribution < 1.29 is 4.39 Å². The second-order valence-corrected chi connectivity index (χ2v) is 8.96. The van der Waals surface area contributed by atoms with Crippen LogP contribution in [0.2, 0.25) is 0 Å². The van der Waals surface area contributed by atoms with Gasteiger partial charge in [-0.15, -0.1) is 0 Å². The summed E-state index contributed by atoms with van der Waals surface area (Å²) in [6, 6.07) is 8.40. The maximum Gasteiger partial charge on any atom is 0.191 e. The Kier molecular flexibility index (Phi) is 6.19. The minimum atomic E-state index is -0.143. The molecule has 1 saturated heterocycles. The number of benzene rings is 1. The number of aliphatic imine (C=N–C) groups is 1. The quantitative estimate of drug-likeness (QED) is 0.597. The molecule has 1 aromatic carbocycles. The van der Waals surface area contributed by atoms with Crippen molar-refractivity contribution in [2.45, 2.75) is 75.3 Å². The Morgan fingerprint density at radius 2 is 1.89 bits per heavy atom. The summed E-state index contributed by atoms with van der Waals surface area (Å²) in [5.41, 5.74) is 1.18. The van der Waals surface area contributed by atoms with Crippen LogP contribution in [0.1, 0.15) is 63.4 Å². The standard InChI is InChI=1S/C23H35FN4/c1-25-22(26-17-23(12-13-23)18-6-5-7-19(24)16-18)27-20-10-14-28(15-11-20)21-8-3-2-4-9-21/h5-7,16,20-21H,2-4,8-15,17H2,1H3,(H2,25,26,27). The first-order valence-corrected chi connectivity index (χ1v) is 11.2. The Morgan fingerprint density at radius 1 is 1.14 bits per heavy atom. The largest absolute Gasteiger partial charge is 0.356 e. The van der Waals surface area contributed by atoms with E-state index in [-0.39, 0.29) is 11.2 Å². The van der Waals surface area contributed by atoms with Gasteiger partial charge in [-0.25, -0.2) is 4.39 Å². The average molecular weight is 387 g/mol. The fraction of sp³-hybridized carbons (Fsp3) is 0.696. The van der Waals surface area contributed by atoms with Crippen LogP contribution in [0, 0.1) is 5.82 Å². The first kappa shape index (κ1) is 19.7. The highest BCUT2D eigenvalue weighted by Gasteiger charge is 2.44. The number of piperidine rings is 1. The van der Waals surface area contributed by atoms with Gasteiger partial charge < -0.3 is 15.5 Å². The molecule has 0 radical (unpaired) electrons. The summed E-state index contributed by atoms with van der Waals surface area (Å²) in [4.78, 5) is 7.16. The number of nitrogens with zero attached hydrogens (tertiary/aromatic N) is 2. The zero-order valence-electron chi connectivity index (χ0n) is 17.2. The highest BCUT2D eigenvalue weighted by atomic mass is 19.1. The molecule has 5 heteroatoms. The molecule has 1 aliphatic heterocycles. The van der Waals surface area contributed by atoms with E-state index in [9.17, 15) is 4.39 Å². The molecule has 0 amide bonds. The maximum atomic E-state index is 13.6. The molecule has 0 bridgehead atoms. The summed E-state index contributed by atoms with van der Waals surface area (Å²) >= 11 is 0. The molecule has 1 heterocycles. The van der Waals surface area contributed by atoms with Crippen LogP contribution < -0.4 is 10.6 Å². The number of likely N-dealkylation sites (tertiary alicyclic amines) is 1. The van der Waals surface area contributed by atoms with Crippen molar-refractivity contribution in [1.82, 2.24) is 15.5 Å². The Bertz CT molecular complexity index is 671. The number of hydrogen-bond donors (Lipinski definition) is 2. The number of guanidine groups is 1. The zero-order chi connectivity index (χ0) is 19.4. The highest BCUT2D eigenvalue weighted by Crippen LogP contribution is 2.47. The second-order valence-electron chi connectivity index (χ2n) is 8.96. The van der Waals surface area contributed by atoms with Gasteiger partial charge in [-0.2, -0.15) is 0 Å². The maximum absolute atomic E-state index is 13.6. The van der Waals surface area contributed by atoms with Crippen molar-refractivity contribution in [2.24, 2.45) is 4.99 Å². The molecule has 28 heavy (non-hydrogen) atoms. The Hall–Kier alpha value is -1.62. The summed E-state index contributed by atoms with van der Waals surface area (Å²) in [5, 5.41) is 7.15. The van der Waals surface area contributed by atoms with Crippen LogP contribution in [0.3, 0.4) is 0 Å². The third kappa shape index (κ3) is 4.68. The molecular formula is C23H35FN4. The van der Waals surface area contributed by atoms with E-state index in [4.69, 9.17) is 0 Å². The normalized spacial score (nSPS) is 24.1. The van der Waals surface area contributed by atoms with E-state index in [2.05, 4.69) is 26.6 Å². The molecule has 3 aliphatic rings. The summed E-state index contributed by atoms with van der Waals surface area (Å²) in [6.45, 7) is 3.22. The van der Waals surface area contributed by atoms with Gasteiger partial charge in [0.05, 0.1) is 0 Å². The first-order valence-electron chi connectivity index (χ1n) is 11.2. The third-order valence-electron chi connectivity index (χ3n) is 7.07. The molecule has 3 fully saturated rings. The van der Waals surface area contributed by atoms with Gasteiger partial charge in [0.1, 0.15) is 5.82 Å². The van der Waals surface area contributed by atoms with Gasteiger partial charge in [0.25, 0.3) is 0 Å². The van der Waals surface area contributed by atoms with Gasteiger partial charge in [-0.1, -0.05) is 31.4 Å². The molecule has 0 aromatic heterocycles. The van der Waals surface area contributed by atoms with Crippen molar-refractivity contribution in [3.8, 4) is 0 Å². The summed E-state index contributed by atoms with van der Waals surface area (Å²) < 4.78 is 13.6. The monoisotopic (exact) mass is 386 g/mol. The van der Waals surface area contributed by atoms with Crippen molar-refractivity contribution in [3.05, 3.63) is 35.6 Å². The van der Waals surface area contributed by atoms with Gasteiger partial charge in [-0.05, 0) is 56.2 Å². The molecule has 2 aliphatic carbocycles. The molecular weight excluding hydrogens is 351 g/mol. The summed E-state index contributed by atoms with van der Waals surface area (Å²) in [6.07, 6.45) is 11.6. The Balaban J connectivity index is 1.24. The van der Waals surface area contributed by atoms with E-state index in [1.165, 1.54) is 64.1 Å². The van der Waals surface area contributed by atoms with Gasteiger partial charge in [0, 0.05) is 44.2 Å². The minimum absolute atomic E-state index is 0.0735. The van der Waals surface area contributed by atoms with E-state index < -0.39 is 0 Å². The lowest BCUT2D eigenvalue weighted by molar-refractivity contribution is 0.119. The molecule has 154 valence electrons. The van der Waals surface area contributed by atoms with Crippen LogP contribution in [0.25, 0.3) is 0 Å².